The van der Waals surface area contributed by atoms with Gasteiger partial charge in [-0.1, -0.05) is 48.0 Å². The van der Waals surface area contributed by atoms with Crippen LogP contribution in [-0.2, 0) is 6.54 Å². The molecule has 0 aliphatic heterocycles. The number of rotatable bonds is 3. The second-order valence-corrected chi connectivity index (χ2v) is 5.50. The van der Waals surface area contributed by atoms with E-state index in [2.05, 4.69) is 66.2 Å². The van der Waals surface area contributed by atoms with Gasteiger partial charge in [-0.05, 0) is 31.0 Å². The second kappa shape index (κ2) is 5.14. The lowest BCUT2D eigenvalue weighted by Gasteiger charge is -2.06. The van der Waals surface area contributed by atoms with Crippen LogP contribution in [0.4, 0.5) is 0 Å². The first-order valence-corrected chi connectivity index (χ1v) is 7.04. The Bertz CT molecular complexity index is 721. The van der Waals surface area contributed by atoms with Crippen molar-refractivity contribution in [3.63, 3.8) is 0 Å². The van der Waals surface area contributed by atoms with Gasteiger partial charge in [-0.15, -0.1) is 0 Å². The fraction of sp³-hybridized carbons (Fsp3) is 0.222. The van der Waals surface area contributed by atoms with Gasteiger partial charge in [0.1, 0.15) is 0 Å². The summed E-state index contributed by atoms with van der Waals surface area (Å²) < 4.78 is 2.29. The molecule has 0 radical (unpaired) electrons. The summed E-state index contributed by atoms with van der Waals surface area (Å²) in [4.78, 5) is 0. The summed E-state index contributed by atoms with van der Waals surface area (Å²) in [5.74, 6) is 0. The highest BCUT2D eigenvalue weighted by molar-refractivity contribution is 5.84. The second-order valence-electron chi connectivity index (χ2n) is 5.50. The van der Waals surface area contributed by atoms with E-state index in [1.807, 2.05) is 6.92 Å². The largest absolute Gasteiger partial charge is 0.343 e. The molecule has 0 unspecified atom stereocenters. The van der Waals surface area contributed by atoms with Gasteiger partial charge in [0.2, 0.25) is 0 Å². The average Bonchev–Trinajstić information content (AvgIpc) is 2.81. The van der Waals surface area contributed by atoms with Crippen molar-refractivity contribution in [2.75, 3.05) is 0 Å². The van der Waals surface area contributed by atoms with Crippen molar-refractivity contribution in [2.45, 2.75) is 26.4 Å². The Morgan fingerprint density at radius 1 is 1.05 bits per heavy atom. The van der Waals surface area contributed by atoms with Crippen LogP contribution in [0.15, 0.2) is 54.7 Å². The third-order valence-electron chi connectivity index (χ3n) is 3.78. The molecule has 0 saturated heterocycles. The van der Waals surface area contributed by atoms with Gasteiger partial charge in [-0.25, -0.2) is 0 Å². The van der Waals surface area contributed by atoms with Crippen molar-refractivity contribution in [3.05, 3.63) is 71.4 Å². The predicted molar refractivity (Wildman–Crippen MR) is 84.8 cm³/mol. The van der Waals surface area contributed by atoms with Crippen molar-refractivity contribution in [1.29, 1.82) is 0 Å². The summed E-state index contributed by atoms with van der Waals surface area (Å²) in [5.41, 5.74) is 11.2. The average molecular weight is 264 g/mol. The monoisotopic (exact) mass is 264 g/mol. The smallest absolute Gasteiger partial charge is 0.0486 e. The molecule has 2 nitrogen and oxygen atoms in total. The van der Waals surface area contributed by atoms with Crippen LogP contribution < -0.4 is 5.73 Å². The van der Waals surface area contributed by atoms with Crippen molar-refractivity contribution < 1.29 is 0 Å². The molecule has 0 amide bonds. The van der Waals surface area contributed by atoms with Gasteiger partial charge in [0.05, 0.1) is 0 Å². The van der Waals surface area contributed by atoms with Crippen LogP contribution in [0.25, 0.3) is 10.9 Å². The van der Waals surface area contributed by atoms with E-state index in [9.17, 15) is 0 Å². The van der Waals surface area contributed by atoms with E-state index in [0.29, 0.717) is 0 Å². The Kier molecular flexibility index (Phi) is 3.33. The number of aromatic nitrogens is 1. The molecule has 1 heterocycles. The lowest BCUT2D eigenvalue weighted by molar-refractivity contribution is 0.790. The Hall–Kier alpha value is -2.06. The summed E-state index contributed by atoms with van der Waals surface area (Å²) in [6.07, 6.45) is 2.19. The molecular weight excluding hydrogens is 244 g/mol. The van der Waals surface area contributed by atoms with Crippen molar-refractivity contribution in [2.24, 2.45) is 5.73 Å². The normalized spacial score (nSPS) is 12.8. The number of aryl methyl sites for hydroxylation is 1. The fourth-order valence-electron chi connectivity index (χ4n) is 2.66. The third kappa shape index (κ3) is 2.35. The van der Waals surface area contributed by atoms with Crippen LogP contribution in [0.1, 0.15) is 29.7 Å². The lowest BCUT2D eigenvalue weighted by Crippen LogP contribution is -2.04. The molecule has 2 heteroatoms. The van der Waals surface area contributed by atoms with Crippen LogP contribution in [0, 0.1) is 6.92 Å². The van der Waals surface area contributed by atoms with Crippen LogP contribution >= 0.6 is 0 Å². The third-order valence-corrected chi connectivity index (χ3v) is 3.78. The molecule has 0 saturated carbocycles. The number of para-hydroxylation sites is 1. The molecule has 2 aromatic carbocycles. The van der Waals surface area contributed by atoms with Crippen molar-refractivity contribution in [3.8, 4) is 0 Å². The number of nitrogens with two attached hydrogens (primary N) is 1. The number of hydrogen-bond acceptors (Lipinski definition) is 1. The first-order chi connectivity index (χ1) is 9.65. The highest BCUT2D eigenvalue weighted by atomic mass is 15.0. The maximum Gasteiger partial charge on any atom is 0.0486 e. The predicted octanol–water partition coefficient (Wildman–Crippen LogP) is 4.02. The van der Waals surface area contributed by atoms with E-state index in [4.69, 9.17) is 5.73 Å². The highest BCUT2D eigenvalue weighted by Gasteiger charge is 2.11. The first kappa shape index (κ1) is 12.9. The molecule has 20 heavy (non-hydrogen) atoms. The maximum absolute atomic E-state index is 6.09. The van der Waals surface area contributed by atoms with Crippen LogP contribution in [0.3, 0.4) is 0 Å². The quantitative estimate of drug-likeness (QED) is 0.761. The zero-order valence-corrected chi connectivity index (χ0v) is 12.0. The molecule has 0 spiro atoms. The Morgan fingerprint density at radius 3 is 2.45 bits per heavy atom. The zero-order valence-electron chi connectivity index (χ0n) is 12.0. The molecule has 3 aromatic rings. The summed E-state index contributed by atoms with van der Waals surface area (Å²) in [7, 11) is 0. The Morgan fingerprint density at radius 2 is 1.75 bits per heavy atom. The van der Waals surface area contributed by atoms with E-state index in [-0.39, 0.29) is 6.04 Å². The Labute approximate surface area is 119 Å². The molecule has 3 rings (SSSR count). The number of fused-ring (bicyclic) bond motifs is 1. The highest BCUT2D eigenvalue weighted by Crippen LogP contribution is 2.26. The molecule has 2 N–H and O–H groups in total. The van der Waals surface area contributed by atoms with Gasteiger partial charge in [0.25, 0.3) is 0 Å². The molecule has 0 fully saturated rings. The molecule has 0 bridgehead atoms. The van der Waals surface area contributed by atoms with Gasteiger partial charge < -0.3 is 10.3 Å². The number of nitrogens with zero attached hydrogens (tertiary/aromatic N) is 1. The fourth-order valence-corrected chi connectivity index (χ4v) is 2.66. The topological polar surface area (TPSA) is 30.9 Å². The van der Waals surface area contributed by atoms with E-state index >= 15 is 0 Å². The molecular formula is C18H20N2. The van der Waals surface area contributed by atoms with Crippen LogP contribution in [0.5, 0.6) is 0 Å². The summed E-state index contributed by atoms with van der Waals surface area (Å²) >= 11 is 0. The Balaban J connectivity index is 2.05. The minimum absolute atomic E-state index is 0.0548. The lowest BCUT2D eigenvalue weighted by atomic mass is 10.1. The van der Waals surface area contributed by atoms with Crippen molar-refractivity contribution >= 4 is 10.9 Å². The zero-order chi connectivity index (χ0) is 14.1. The molecule has 0 aliphatic carbocycles. The van der Waals surface area contributed by atoms with E-state index in [1.54, 1.807) is 0 Å². The number of benzene rings is 2. The van der Waals surface area contributed by atoms with E-state index < -0.39 is 0 Å². The van der Waals surface area contributed by atoms with Gasteiger partial charge in [-0.3, -0.25) is 0 Å². The molecule has 102 valence electrons. The SMILES string of the molecule is Cc1ccc(Cn2cc([C@@H](C)N)c3ccccc32)cc1. The summed E-state index contributed by atoms with van der Waals surface area (Å²) in [6, 6.07) is 17.2. The standard InChI is InChI=1S/C18H20N2/c1-13-7-9-15(10-8-13)11-20-12-17(14(2)19)16-5-3-4-6-18(16)20/h3-10,12,14H,11,19H2,1-2H3/t14-/m1/s1. The molecule has 1 aromatic heterocycles. The van der Waals surface area contributed by atoms with Gasteiger partial charge in [0, 0.05) is 29.7 Å². The summed E-state index contributed by atoms with van der Waals surface area (Å²) in [5, 5.41) is 1.26. The van der Waals surface area contributed by atoms with Crippen LogP contribution in [-0.4, -0.2) is 4.57 Å². The minimum atomic E-state index is 0.0548. The van der Waals surface area contributed by atoms with Gasteiger partial charge in [-0.2, -0.15) is 0 Å². The summed E-state index contributed by atoms with van der Waals surface area (Å²) in [6.45, 7) is 5.04. The molecule has 1 atom stereocenters. The van der Waals surface area contributed by atoms with E-state index in [1.165, 1.54) is 27.6 Å². The molecule has 0 aliphatic rings. The van der Waals surface area contributed by atoms with Gasteiger partial charge in [0.15, 0.2) is 0 Å². The number of hydrogen-bond donors (Lipinski definition) is 1. The van der Waals surface area contributed by atoms with Crippen LogP contribution in [0.2, 0.25) is 0 Å². The maximum atomic E-state index is 6.09. The van der Waals surface area contributed by atoms with Gasteiger partial charge >= 0.3 is 0 Å². The van der Waals surface area contributed by atoms with E-state index in [0.717, 1.165) is 6.54 Å². The first-order valence-electron chi connectivity index (χ1n) is 7.04. The van der Waals surface area contributed by atoms with Crippen molar-refractivity contribution in [1.82, 2.24) is 4.57 Å². The minimum Gasteiger partial charge on any atom is -0.343 e.